The van der Waals surface area contributed by atoms with Gasteiger partial charge in [0.05, 0.1) is 0 Å². The molecule has 21 heavy (non-hydrogen) atoms. The first kappa shape index (κ1) is 19.0. The molecule has 0 saturated carbocycles. The molecule has 1 amide bonds. The van der Waals surface area contributed by atoms with Gasteiger partial charge in [-0.25, -0.2) is 9.59 Å². The van der Waals surface area contributed by atoms with Gasteiger partial charge in [-0.2, -0.15) is 12.6 Å². The number of carboxylic acids is 1. The third-order valence-electron chi connectivity index (χ3n) is 2.17. The van der Waals surface area contributed by atoms with Gasteiger partial charge in [-0.1, -0.05) is 26.0 Å². The fourth-order valence-electron chi connectivity index (χ4n) is 1.34. The number of esters is 1. The highest BCUT2D eigenvalue weighted by Gasteiger charge is 2.22. The number of rotatable bonds is 5. The summed E-state index contributed by atoms with van der Waals surface area (Å²) >= 11 is 3.93. The first-order chi connectivity index (χ1) is 9.95. The highest BCUT2D eigenvalue weighted by Crippen LogP contribution is 2.18. The van der Waals surface area contributed by atoms with Crippen LogP contribution in [0.3, 0.4) is 0 Å². The monoisotopic (exact) mass is 313 g/mol. The molecule has 0 bridgehead atoms. The molecule has 0 saturated heterocycles. The van der Waals surface area contributed by atoms with Gasteiger partial charge in [0.25, 0.3) is 0 Å². The Morgan fingerprint density at radius 2 is 1.86 bits per heavy atom. The molecule has 0 spiro atoms. The van der Waals surface area contributed by atoms with Crippen molar-refractivity contribution in [3.05, 3.63) is 29.8 Å². The summed E-state index contributed by atoms with van der Waals surface area (Å²) in [6.45, 7) is 5.26. The number of aromatic carboxylic acids is 1. The molecule has 1 aromatic rings. The maximum atomic E-state index is 11.8. The molecular formula is C14H19NO5S. The van der Waals surface area contributed by atoms with Crippen LogP contribution in [-0.4, -0.2) is 34.7 Å². The molecule has 7 heteroatoms. The number of hydrogen-bond acceptors (Lipinski definition) is 5. The van der Waals surface area contributed by atoms with Gasteiger partial charge in [0.15, 0.2) is 0 Å². The molecule has 0 aliphatic rings. The summed E-state index contributed by atoms with van der Waals surface area (Å²) in [5.41, 5.74) is -0.128. The topological polar surface area (TPSA) is 92.7 Å². The normalized spacial score (nSPS) is 10.7. The van der Waals surface area contributed by atoms with Crippen molar-refractivity contribution >= 4 is 30.5 Å². The van der Waals surface area contributed by atoms with E-state index in [1.165, 1.54) is 25.1 Å². The predicted molar refractivity (Wildman–Crippen MR) is 81.8 cm³/mol. The minimum absolute atomic E-state index is 0.0493. The number of thiol groups is 1. The summed E-state index contributed by atoms with van der Waals surface area (Å²) in [6, 6.07) is 4.82. The number of para-hydroxylation sites is 1. The van der Waals surface area contributed by atoms with E-state index in [9.17, 15) is 14.4 Å². The largest absolute Gasteiger partial charge is 0.478 e. The van der Waals surface area contributed by atoms with Gasteiger partial charge in [-0.3, -0.25) is 4.79 Å². The maximum absolute atomic E-state index is 11.8. The van der Waals surface area contributed by atoms with E-state index >= 15 is 0 Å². The van der Waals surface area contributed by atoms with Crippen molar-refractivity contribution in [1.82, 2.24) is 5.32 Å². The average Bonchev–Trinajstić information content (AvgIpc) is 2.46. The molecule has 1 aromatic carbocycles. The molecule has 0 heterocycles. The molecule has 0 radical (unpaired) electrons. The third kappa shape index (κ3) is 6.31. The minimum atomic E-state index is -1.20. The van der Waals surface area contributed by atoms with Crippen molar-refractivity contribution in [2.75, 3.05) is 5.75 Å². The van der Waals surface area contributed by atoms with E-state index in [1.54, 1.807) is 6.07 Å². The summed E-state index contributed by atoms with van der Waals surface area (Å²) in [7, 11) is 0. The lowest BCUT2D eigenvalue weighted by atomic mass is 10.2. The molecule has 1 atom stereocenters. The lowest BCUT2D eigenvalue weighted by Gasteiger charge is -2.15. The molecule has 0 fully saturated rings. The highest BCUT2D eigenvalue weighted by atomic mass is 32.1. The van der Waals surface area contributed by atoms with Crippen molar-refractivity contribution < 1.29 is 24.2 Å². The lowest BCUT2D eigenvalue weighted by Crippen LogP contribution is -2.43. The van der Waals surface area contributed by atoms with Crippen molar-refractivity contribution in [3.8, 4) is 5.75 Å². The van der Waals surface area contributed by atoms with Crippen molar-refractivity contribution in [1.29, 1.82) is 0 Å². The Morgan fingerprint density at radius 3 is 2.33 bits per heavy atom. The van der Waals surface area contributed by atoms with Crippen LogP contribution in [-0.2, 0) is 9.59 Å². The zero-order valence-corrected chi connectivity index (χ0v) is 13.0. The predicted octanol–water partition coefficient (Wildman–Crippen LogP) is 1.75. The highest BCUT2D eigenvalue weighted by molar-refractivity contribution is 7.80. The Kier molecular flexibility index (Phi) is 8.87. The Hall–Kier alpha value is -2.02. The second-order valence-corrected chi connectivity index (χ2v) is 4.02. The van der Waals surface area contributed by atoms with Gasteiger partial charge in [0.2, 0.25) is 5.91 Å². The van der Waals surface area contributed by atoms with Crippen LogP contribution >= 0.6 is 12.6 Å². The number of benzene rings is 1. The Balaban J connectivity index is 0.00000191. The van der Waals surface area contributed by atoms with Crippen molar-refractivity contribution in [3.63, 3.8) is 0 Å². The van der Waals surface area contributed by atoms with Crippen LogP contribution in [0, 0.1) is 0 Å². The summed E-state index contributed by atoms with van der Waals surface area (Å²) in [4.78, 5) is 33.6. The zero-order chi connectivity index (χ0) is 16.4. The Morgan fingerprint density at radius 1 is 1.29 bits per heavy atom. The molecule has 0 aromatic heterocycles. The minimum Gasteiger partial charge on any atom is -0.478 e. The van der Waals surface area contributed by atoms with Gasteiger partial charge in [0, 0.05) is 12.7 Å². The van der Waals surface area contributed by atoms with Crippen LogP contribution in [0.4, 0.5) is 0 Å². The number of nitrogens with one attached hydrogen (secondary N) is 1. The second kappa shape index (κ2) is 9.82. The summed E-state index contributed by atoms with van der Waals surface area (Å²) < 4.78 is 4.98. The number of carbonyl (C=O) groups is 3. The van der Waals surface area contributed by atoms with Crippen molar-refractivity contribution in [2.45, 2.75) is 26.8 Å². The van der Waals surface area contributed by atoms with E-state index in [1.807, 2.05) is 13.8 Å². The Bertz CT molecular complexity index is 504. The fraction of sp³-hybridized carbons (Fsp3) is 0.357. The number of ether oxygens (including phenoxy) is 1. The van der Waals surface area contributed by atoms with Gasteiger partial charge >= 0.3 is 11.9 Å². The number of carbonyl (C=O) groups excluding carboxylic acids is 2. The molecule has 1 unspecified atom stereocenters. The zero-order valence-electron chi connectivity index (χ0n) is 12.1. The van der Waals surface area contributed by atoms with Crippen LogP contribution in [0.5, 0.6) is 5.75 Å². The van der Waals surface area contributed by atoms with E-state index in [4.69, 9.17) is 9.84 Å². The molecule has 6 nitrogen and oxygen atoms in total. The molecular weight excluding hydrogens is 294 g/mol. The van der Waals surface area contributed by atoms with E-state index in [0.717, 1.165) is 0 Å². The standard InChI is InChI=1S/C12H13NO5S.C2H6/c1-7(14)13-9(6-19)12(17)18-10-5-3-2-4-8(10)11(15)16;1-2/h2-5,9,19H,6H2,1H3,(H,13,14)(H,15,16);1-2H3. The number of carboxylic acid groups (broad SMARTS) is 1. The molecule has 1 rings (SSSR count). The van der Waals surface area contributed by atoms with E-state index in [0.29, 0.717) is 0 Å². The van der Waals surface area contributed by atoms with Crippen LogP contribution in [0.15, 0.2) is 24.3 Å². The number of hydrogen-bond donors (Lipinski definition) is 3. The molecule has 2 N–H and O–H groups in total. The first-order valence-corrected chi connectivity index (χ1v) is 7.01. The van der Waals surface area contributed by atoms with Crippen molar-refractivity contribution in [2.24, 2.45) is 0 Å². The SMILES string of the molecule is CC.CC(=O)NC(CS)C(=O)Oc1ccccc1C(=O)O. The number of amides is 1. The molecule has 0 aliphatic carbocycles. The first-order valence-electron chi connectivity index (χ1n) is 6.37. The molecule has 116 valence electrons. The summed E-state index contributed by atoms with van der Waals surface area (Å²) in [6.07, 6.45) is 0. The maximum Gasteiger partial charge on any atom is 0.339 e. The van der Waals surface area contributed by atoms with Crippen LogP contribution < -0.4 is 10.1 Å². The van der Waals surface area contributed by atoms with E-state index < -0.39 is 23.9 Å². The fourth-order valence-corrected chi connectivity index (χ4v) is 1.58. The van der Waals surface area contributed by atoms with Gasteiger partial charge < -0.3 is 15.2 Å². The Labute approximate surface area is 128 Å². The average molecular weight is 313 g/mol. The third-order valence-corrected chi connectivity index (χ3v) is 2.54. The van der Waals surface area contributed by atoms with Crippen LogP contribution in [0.25, 0.3) is 0 Å². The second-order valence-electron chi connectivity index (χ2n) is 3.66. The van der Waals surface area contributed by atoms with Crippen LogP contribution in [0.1, 0.15) is 31.1 Å². The van der Waals surface area contributed by atoms with Gasteiger partial charge in [0.1, 0.15) is 17.4 Å². The van der Waals surface area contributed by atoms with Crippen LogP contribution in [0.2, 0.25) is 0 Å². The quantitative estimate of drug-likeness (QED) is 0.437. The van der Waals surface area contributed by atoms with E-state index in [-0.39, 0.29) is 17.1 Å². The summed E-state index contributed by atoms with van der Waals surface area (Å²) in [5.74, 6) is -2.39. The van der Waals surface area contributed by atoms with Gasteiger partial charge in [-0.15, -0.1) is 0 Å². The van der Waals surface area contributed by atoms with E-state index in [2.05, 4.69) is 17.9 Å². The smallest absolute Gasteiger partial charge is 0.339 e. The summed E-state index contributed by atoms with van der Waals surface area (Å²) in [5, 5.41) is 11.3. The molecule has 0 aliphatic heterocycles. The lowest BCUT2D eigenvalue weighted by molar-refractivity contribution is -0.138. The van der Waals surface area contributed by atoms with Gasteiger partial charge in [-0.05, 0) is 12.1 Å².